The molecule has 0 spiro atoms. The molecule has 0 radical (unpaired) electrons. The van der Waals surface area contributed by atoms with Crippen LogP contribution in [0.1, 0.15) is 22.8 Å². The van der Waals surface area contributed by atoms with Gasteiger partial charge in [-0.25, -0.2) is 0 Å². The van der Waals surface area contributed by atoms with Gasteiger partial charge in [0.25, 0.3) is 0 Å². The lowest BCUT2D eigenvalue weighted by molar-refractivity contribution is 0.0994. The van der Waals surface area contributed by atoms with Gasteiger partial charge < -0.3 is 19.3 Å². The molecule has 202 valence electrons. The Morgan fingerprint density at radius 1 is 0.923 bits per heavy atom. The van der Waals surface area contributed by atoms with Crippen LogP contribution in [0, 0.1) is 0 Å². The minimum Gasteiger partial charge on any atom is -0.495 e. The fourth-order valence-corrected chi connectivity index (χ4v) is 5.87. The lowest BCUT2D eigenvalue weighted by Crippen LogP contribution is -2.46. The highest BCUT2D eigenvalue weighted by atomic mass is 35.5. The highest BCUT2D eigenvalue weighted by Gasteiger charge is 2.23. The molecule has 0 aliphatic carbocycles. The Bertz CT molecular complexity index is 1470. The second kappa shape index (κ2) is 11.8. The molecular weight excluding hydrogens is 533 g/mol. The first-order chi connectivity index (χ1) is 18.9. The van der Waals surface area contributed by atoms with E-state index in [0.29, 0.717) is 38.2 Å². The minimum atomic E-state index is -0.00465. The molecule has 0 bridgehead atoms. The van der Waals surface area contributed by atoms with Gasteiger partial charge in [-0.05, 0) is 41.9 Å². The predicted molar refractivity (Wildman–Crippen MR) is 159 cm³/mol. The van der Waals surface area contributed by atoms with Crippen molar-refractivity contribution in [1.82, 2.24) is 9.88 Å². The third-order valence-electron chi connectivity index (χ3n) is 7.40. The van der Waals surface area contributed by atoms with E-state index in [2.05, 4.69) is 33.8 Å². The molecule has 4 aromatic rings. The molecule has 0 saturated carbocycles. The number of carbonyl (C=O) groups is 1. The first-order valence-electron chi connectivity index (χ1n) is 13.0. The number of aromatic nitrogens is 1. The summed E-state index contributed by atoms with van der Waals surface area (Å²) in [4.78, 5) is 23.0. The third-order valence-corrected chi connectivity index (χ3v) is 8.15. The molecule has 1 saturated heterocycles. The Labute approximate surface area is 239 Å². The van der Waals surface area contributed by atoms with Crippen LogP contribution in [-0.2, 0) is 6.42 Å². The molecule has 1 aliphatic rings. The van der Waals surface area contributed by atoms with E-state index in [0.717, 1.165) is 49.2 Å². The van der Waals surface area contributed by atoms with Crippen molar-refractivity contribution in [3.05, 3.63) is 82.0 Å². The number of likely N-dealkylation sites (N-methyl/N-ethyl adjacent to an activating group) is 1. The number of ketones is 1. The number of pyridine rings is 1. The van der Waals surface area contributed by atoms with Crippen molar-refractivity contribution in [3.63, 3.8) is 0 Å². The van der Waals surface area contributed by atoms with Crippen molar-refractivity contribution in [1.29, 1.82) is 0 Å². The van der Waals surface area contributed by atoms with Crippen LogP contribution in [0.2, 0.25) is 10.0 Å². The molecule has 2 heterocycles. The van der Waals surface area contributed by atoms with E-state index in [4.69, 9.17) is 32.7 Å². The third kappa shape index (κ3) is 5.42. The number of piperazine rings is 1. The van der Waals surface area contributed by atoms with Gasteiger partial charge in [-0.3, -0.25) is 9.78 Å². The van der Waals surface area contributed by atoms with Crippen molar-refractivity contribution in [2.45, 2.75) is 13.3 Å². The SMILES string of the molecule is CCN1CCN(c2ccc(CC(=O)c3ccc(-c4c(Cl)c(OC)cc(OC)c4Cl)c4cccnc34)cc2)CC1. The number of halogens is 2. The maximum Gasteiger partial charge on any atom is 0.169 e. The first-order valence-corrected chi connectivity index (χ1v) is 13.8. The molecule has 0 unspecified atom stereocenters. The van der Waals surface area contributed by atoms with E-state index in [1.165, 1.54) is 5.69 Å². The second-order valence-corrected chi connectivity index (χ2v) is 10.3. The summed E-state index contributed by atoms with van der Waals surface area (Å²) in [5.41, 5.74) is 4.63. The predicted octanol–water partition coefficient (Wildman–Crippen LogP) is 6.79. The molecule has 1 aromatic heterocycles. The van der Waals surface area contributed by atoms with E-state index in [9.17, 15) is 4.79 Å². The number of carbonyl (C=O) groups excluding carboxylic acids is 1. The molecule has 1 fully saturated rings. The number of benzene rings is 3. The Balaban J connectivity index is 1.44. The monoisotopic (exact) mass is 563 g/mol. The van der Waals surface area contributed by atoms with Crippen LogP contribution in [0.5, 0.6) is 11.5 Å². The average Bonchev–Trinajstić information content (AvgIpc) is 2.98. The quantitative estimate of drug-likeness (QED) is 0.220. The molecule has 3 aromatic carbocycles. The molecule has 5 rings (SSSR count). The summed E-state index contributed by atoms with van der Waals surface area (Å²) in [7, 11) is 3.08. The van der Waals surface area contributed by atoms with Crippen LogP contribution in [0.4, 0.5) is 5.69 Å². The minimum absolute atomic E-state index is 0.00465. The number of nitrogens with zero attached hydrogens (tertiary/aromatic N) is 3. The van der Waals surface area contributed by atoms with Crippen LogP contribution < -0.4 is 14.4 Å². The number of fused-ring (bicyclic) bond motifs is 1. The number of Topliss-reactive ketones (excluding diaryl/α,β-unsaturated/α-hetero) is 1. The molecule has 8 heteroatoms. The number of hydrogen-bond acceptors (Lipinski definition) is 6. The first kappa shape index (κ1) is 27.3. The van der Waals surface area contributed by atoms with E-state index >= 15 is 0 Å². The van der Waals surface area contributed by atoms with Gasteiger partial charge in [-0.2, -0.15) is 0 Å². The number of rotatable bonds is 8. The van der Waals surface area contributed by atoms with Gasteiger partial charge in [0, 0.05) is 67.1 Å². The number of ether oxygens (including phenoxy) is 2. The molecule has 6 nitrogen and oxygen atoms in total. The Kier molecular flexibility index (Phi) is 8.26. The van der Waals surface area contributed by atoms with Gasteiger partial charge in [-0.15, -0.1) is 0 Å². The lowest BCUT2D eigenvalue weighted by Gasteiger charge is -2.35. The maximum absolute atomic E-state index is 13.5. The zero-order valence-corrected chi connectivity index (χ0v) is 23.9. The van der Waals surface area contributed by atoms with Gasteiger partial charge in [0.15, 0.2) is 5.78 Å². The molecule has 39 heavy (non-hydrogen) atoms. The van der Waals surface area contributed by atoms with Gasteiger partial charge in [-0.1, -0.05) is 54.4 Å². The summed E-state index contributed by atoms with van der Waals surface area (Å²) < 4.78 is 10.9. The zero-order chi connectivity index (χ0) is 27.5. The van der Waals surface area contributed by atoms with Gasteiger partial charge in [0.2, 0.25) is 0 Å². The van der Waals surface area contributed by atoms with E-state index in [1.807, 2.05) is 30.3 Å². The summed E-state index contributed by atoms with van der Waals surface area (Å²) >= 11 is 13.4. The van der Waals surface area contributed by atoms with Crippen molar-refractivity contribution >= 4 is 45.6 Å². The highest BCUT2D eigenvalue weighted by Crippen LogP contribution is 2.47. The van der Waals surface area contributed by atoms with Crippen molar-refractivity contribution in [2.24, 2.45) is 0 Å². The van der Waals surface area contributed by atoms with Crippen LogP contribution in [0.25, 0.3) is 22.0 Å². The summed E-state index contributed by atoms with van der Waals surface area (Å²) in [5.74, 6) is 0.886. The van der Waals surface area contributed by atoms with Crippen molar-refractivity contribution in [2.75, 3.05) is 51.8 Å². The number of anilines is 1. The average molecular weight is 565 g/mol. The summed E-state index contributed by atoms with van der Waals surface area (Å²) in [6.45, 7) is 7.48. The standard InChI is InChI=1S/C31H31Cl2N3O3/c1-4-35-14-16-36(17-15-35)21-9-7-20(8-10-21)18-25(37)24-12-11-22(23-6-5-13-34-31(23)24)28-29(32)26(38-2)19-27(39-3)30(28)33/h5-13,19H,4,14-18H2,1-3H3. The fraction of sp³-hybridized carbons (Fsp3) is 0.290. The fourth-order valence-electron chi connectivity index (χ4n) is 5.17. The lowest BCUT2D eigenvalue weighted by atomic mass is 9.94. The Morgan fingerprint density at radius 2 is 1.59 bits per heavy atom. The summed E-state index contributed by atoms with van der Waals surface area (Å²) in [6.07, 6.45) is 1.97. The largest absolute Gasteiger partial charge is 0.495 e. The molecular formula is C31H31Cl2N3O3. The normalized spacial score (nSPS) is 14.0. The van der Waals surface area contributed by atoms with Crippen LogP contribution in [0.3, 0.4) is 0 Å². The van der Waals surface area contributed by atoms with Gasteiger partial charge in [0.05, 0.1) is 29.8 Å². The van der Waals surface area contributed by atoms with E-state index in [-0.39, 0.29) is 12.2 Å². The molecule has 0 N–H and O–H groups in total. The van der Waals surface area contributed by atoms with Gasteiger partial charge >= 0.3 is 0 Å². The maximum atomic E-state index is 13.5. The summed E-state index contributed by atoms with van der Waals surface area (Å²) in [5, 5.41) is 1.50. The summed E-state index contributed by atoms with van der Waals surface area (Å²) in [6, 6.07) is 17.4. The Morgan fingerprint density at radius 3 is 2.21 bits per heavy atom. The van der Waals surface area contributed by atoms with Crippen LogP contribution in [-0.4, -0.2) is 62.6 Å². The highest BCUT2D eigenvalue weighted by molar-refractivity contribution is 6.41. The van der Waals surface area contributed by atoms with Crippen LogP contribution >= 0.6 is 23.2 Å². The van der Waals surface area contributed by atoms with Gasteiger partial charge in [0.1, 0.15) is 11.5 Å². The van der Waals surface area contributed by atoms with Crippen LogP contribution in [0.15, 0.2) is 60.8 Å². The zero-order valence-electron chi connectivity index (χ0n) is 22.3. The van der Waals surface area contributed by atoms with Crippen molar-refractivity contribution < 1.29 is 14.3 Å². The van der Waals surface area contributed by atoms with E-state index < -0.39 is 0 Å². The second-order valence-electron chi connectivity index (χ2n) is 9.53. The topological polar surface area (TPSA) is 54.9 Å². The number of methoxy groups -OCH3 is 2. The smallest absolute Gasteiger partial charge is 0.169 e. The van der Waals surface area contributed by atoms with E-state index in [1.54, 1.807) is 32.5 Å². The Hall–Kier alpha value is -3.32. The van der Waals surface area contributed by atoms with Crippen molar-refractivity contribution in [3.8, 4) is 22.6 Å². The molecule has 1 aliphatic heterocycles. The molecule has 0 amide bonds. The number of hydrogen-bond donors (Lipinski definition) is 0. The molecule has 0 atom stereocenters.